The van der Waals surface area contributed by atoms with Crippen molar-refractivity contribution in [2.45, 2.75) is 51.6 Å². The highest BCUT2D eigenvalue weighted by molar-refractivity contribution is 6.70. The molecule has 0 spiro atoms. The number of phenols is 1. The monoisotopic (exact) mass is 520 g/mol. The minimum Gasteiger partial charge on any atom is -0.507 e. The van der Waals surface area contributed by atoms with E-state index in [2.05, 4.69) is 6.07 Å². The van der Waals surface area contributed by atoms with Crippen LogP contribution in [0.3, 0.4) is 0 Å². The highest BCUT2D eigenvalue weighted by Crippen LogP contribution is 2.50. The predicted molar refractivity (Wildman–Crippen MR) is 142 cm³/mol. The van der Waals surface area contributed by atoms with Gasteiger partial charge in [-0.3, -0.25) is 9.59 Å². The smallest absolute Gasteiger partial charge is 0.213 e. The zero-order valence-electron chi connectivity index (χ0n) is 22.3. The van der Waals surface area contributed by atoms with Gasteiger partial charge in [-0.15, -0.1) is 0 Å². The predicted octanol–water partition coefficient (Wildman–Crippen LogP) is 5.28. The lowest BCUT2D eigenvalue weighted by Gasteiger charge is -2.42. The lowest BCUT2D eigenvalue weighted by atomic mass is 9.73. The minimum atomic E-state index is -2.29. The second-order valence-corrected chi connectivity index (χ2v) is 15.2. The summed E-state index contributed by atoms with van der Waals surface area (Å²) in [6, 6.07) is 5.78. The van der Waals surface area contributed by atoms with E-state index in [4.69, 9.17) is 18.6 Å². The summed E-state index contributed by atoms with van der Waals surface area (Å²) in [4.78, 5) is 28.2. The molecular formula is C29H32O7Si. The minimum absolute atomic E-state index is 0.00639. The Balaban J connectivity index is 1.76. The average molecular weight is 521 g/mol. The molecule has 2 aromatic carbocycles. The van der Waals surface area contributed by atoms with Crippen molar-refractivity contribution in [2.75, 3.05) is 21.3 Å². The molecule has 3 aliphatic carbocycles. The van der Waals surface area contributed by atoms with Gasteiger partial charge in [0, 0.05) is 41.9 Å². The molecule has 7 nitrogen and oxygen atoms in total. The summed E-state index contributed by atoms with van der Waals surface area (Å²) in [6.07, 6.45) is 2.99. The van der Waals surface area contributed by atoms with Crippen LogP contribution >= 0.6 is 0 Å². The number of ketones is 2. The standard InChI is InChI=1S/C29H32O7Si/c1-15-10-16-8-9-18-19(23(16)22(11-15)34-3)13-20-24(27(18)31)28(32)25-21(26(20)30)12-17(33-2)14-29(25,35-4)36-37(5,6)7/h10-11,13-14,31H,8-9,12H2,1-7H3. The first-order valence-corrected chi connectivity index (χ1v) is 15.8. The van der Waals surface area contributed by atoms with Gasteiger partial charge in [-0.25, -0.2) is 0 Å². The van der Waals surface area contributed by atoms with E-state index in [0.717, 1.165) is 16.7 Å². The van der Waals surface area contributed by atoms with Gasteiger partial charge >= 0.3 is 0 Å². The number of aryl methyl sites for hydroxylation is 2. The molecule has 0 saturated heterocycles. The molecule has 5 rings (SSSR count). The summed E-state index contributed by atoms with van der Waals surface area (Å²) in [6.45, 7) is 7.94. The molecular weight excluding hydrogens is 488 g/mol. The average Bonchev–Trinajstić information content (AvgIpc) is 2.84. The molecule has 8 heteroatoms. The molecule has 0 aliphatic heterocycles. The van der Waals surface area contributed by atoms with Gasteiger partial charge in [0.1, 0.15) is 17.3 Å². The van der Waals surface area contributed by atoms with Crippen molar-refractivity contribution in [1.29, 1.82) is 0 Å². The quantitative estimate of drug-likeness (QED) is 0.424. The van der Waals surface area contributed by atoms with Crippen LogP contribution < -0.4 is 4.74 Å². The number of ether oxygens (including phenoxy) is 3. The van der Waals surface area contributed by atoms with E-state index in [1.807, 2.05) is 32.6 Å². The molecule has 0 heterocycles. The van der Waals surface area contributed by atoms with Gasteiger partial charge < -0.3 is 23.7 Å². The molecule has 1 atom stereocenters. The second kappa shape index (κ2) is 8.68. The fraction of sp³-hybridized carbons (Fsp3) is 0.379. The zero-order valence-corrected chi connectivity index (χ0v) is 23.3. The number of carbonyl (C=O) groups excluding carboxylic acids is 2. The molecule has 0 fully saturated rings. The Labute approximate surface area is 217 Å². The first-order valence-electron chi connectivity index (χ1n) is 12.4. The molecule has 37 heavy (non-hydrogen) atoms. The fourth-order valence-corrected chi connectivity index (χ4v) is 6.95. The maximum Gasteiger partial charge on any atom is 0.213 e. The van der Waals surface area contributed by atoms with Crippen molar-refractivity contribution in [3.63, 3.8) is 0 Å². The van der Waals surface area contributed by atoms with Crippen LogP contribution in [0.2, 0.25) is 19.6 Å². The third-order valence-electron chi connectivity index (χ3n) is 7.22. The Morgan fingerprint density at radius 3 is 2.27 bits per heavy atom. The fourth-order valence-electron chi connectivity index (χ4n) is 5.80. The van der Waals surface area contributed by atoms with E-state index < -0.39 is 19.9 Å². The van der Waals surface area contributed by atoms with E-state index in [1.54, 1.807) is 19.3 Å². The van der Waals surface area contributed by atoms with E-state index in [0.29, 0.717) is 35.5 Å². The normalized spacial score (nSPS) is 20.6. The number of hydrogen-bond donors (Lipinski definition) is 1. The number of allylic oxidation sites excluding steroid dienone is 1. The van der Waals surface area contributed by atoms with Crippen LogP contribution in [0.15, 0.2) is 41.2 Å². The van der Waals surface area contributed by atoms with Crippen LogP contribution in [0.1, 0.15) is 43.8 Å². The summed E-state index contributed by atoms with van der Waals surface area (Å²) >= 11 is 0. The molecule has 0 bridgehead atoms. The Morgan fingerprint density at radius 2 is 1.65 bits per heavy atom. The van der Waals surface area contributed by atoms with Crippen molar-refractivity contribution in [2.24, 2.45) is 0 Å². The summed E-state index contributed by atoms with van der Waals surface area (Å²) in [5.74, 6) is -1.39. The summed E-state index contributed by atoms with van der Waals surface area (Å²) in [5.41, 5.74) is 4.92. The molecule has 0 saturated carbocycles. The largest absolute Gasteiger partial charge is 0.507 e. The van der Waals surface area contributed by atoms with Crippen molar-refractivity contribution >= 4 is 19.9 Å². The Kier molecular flexibility index (Phi) is 5.97. The molecule has 3 aliphatic rings. The van der Waals surface area contributed by atoms with Gasteiger partial charge in [0.15, 0.2) is 19.9 Å². The third kappa shape index (κ3) is 3.86. The van der Waals surface area contributed by atoms with Crippen molar-refractivity contribution in [3.8, 4) is 22.6 Å². The highest BCUT2D eigenvalue weighted by atomic mass is 28.4. The maximum atomic E-state index is 14.2. The summed E-state index contributed by atoms with van der Waals surface area (Å²) in [5, 5.41) is 11.5. The van der Waals surface area contributed by atoms with Crippen LogP contribution in [0, 0.1) is 6.92 Å². The molecule has 0 amide bonds. The van der Waals surface area contributed by atoms with Gasteiger partial charge in [0.2, 0.25) is 5.79 Å². The maximum absolute atomic E-state index is 14.2. The van der Waals surface area contributed by atoms with Crippen LogP contribution in [0.5, 0.6) is 11.5 Å². The van der Waals surface area contributed by atoms with Crippen molar-refractivity contribution < 1.29 is 33.3 Å². The van der Waals surface area contributed by atoms with E-state index in [1.165, 1.54) is 14.2 Å². The Bertz CT molecular complexity index is 1410. The van der Waals surface area contributed by atoms with Gasteiger partial charge in [-0.2, -0.15) is 0 Å². The Hall–Kier alpha value is -3.20. The molecule has 0 radical (unpaired) electrons. The summed E-state index contributed by atoms with van der Waals surface area (Å²) in [7, 11) is 2.28. The highest BCUT2D eigenvalue weighted by Gasteiger charge is 2.51. The number of Topliss-reactive ketones (excluding diaryl/α,β-unsaturated/α-hetero) is 2. The van der Waals surface area contributed by atoms with E-state index in [9.17, 15) is 14.7 Å². The number of hydrogen-bond acceptors (Lipinski definition) is 7. The van der Waals surface area contributed by atoms with E-state index in [-0.39, 0.29) is 40.2 Å². The number of aromatic hydroxyl groups is 1. The van der Waals surface area contributed by atoms with Gasteiger partial charge in [0.05, 0.1) is 25.4 Å². The van der Waals surface area contributed by atoms with Crippen LogP contribution in [0.4, 0.5) is 0 Å². The van der Waals surface area contributed by atoms with Gasteiger partial charge in [-0.1, -0.05) is 6.07 Å². The van der Waals surface area contributed by atoms with Crippen molar-refractivity contribution in [1.82, 2.24) is 0 Å². The summed E-state index contributed by atoms with van der Waals surface area (Å²) < 4.78 is 23.5. The van der Waals surface area contributed by atoms with Crippen LogP contribution in [0.25, 0.3) is 11.1 Å². The molecule has 2 aromatic rings. The van der Waals surface area contributed by atoms with Gasteiger partial charge in [-0.05, 0) is 68.2 Å². The number of phenolic OH excluding ortho intramolecular Hbond substituents is 1. The van der Waals surface area contributed by atoms with Crippen LogP contribution in [-0.2, 0) is 26.7 Å². The third-order valence-corrected chi connectivity index (χ3v) is 8.13. The lowest BCUT2D eigenvalue weighted by Crippen LogP contribution is -2.50. The lowest BCUT2D eigenvalue weighted by molar-refractivity contribution is -0.103. The zero-order chi connectivity index (χ0) is 26.9. The number of benzene rings is 2. The Morgan fingerprint density at radius 1 is 0.919 bits per heavy atom. The SMILES string of the molecule is COC1=CC(OC)(O[Si](C)(C)C)C2=C(C1)C(=O)c1cc3c(c(O)c1C2=O)CCc1cc(C)cc(OC)c1-3. The van der Waals surface area contributed by atoms with Crippen LogP contribution in [-0.4, -0.2) is 52.1 Å². The number of rotatable bonds is 5. The molecule has 1 unspecified atom stereocenters. The van der Waals surface area contributed by atoms with Crippen molar-refractivity contribution in [3.05, 3.63) is 69.0 Å². The number of fused-ring (bicyclic) bond motifs is 4. The number of carbonyl (C=O) groups is 2. The molecule has 194 valence electrons. The second-order valence-electron chi connectivity index (χ2n) is 10.8. The number of methoxy groups -OCH3 is 3. The first-order chi connectivity index (χ1) is 17.4. The molecule has 0 aromatic heterocycles. The first kappa shape index (κ1) is 25.4. The molecule has 1 N–H and O–H groups in total. The van der Waals surface area contributed by atoms with Gasteiger partial charge in [0.25, 0.3) is 0 Å². The van der Waals surface area contributed by atoms with E-state index >= 15 is 0 Å². The topological polar surface area (TPSA) is 91.3 Å².